The van der Waals surface area contributed by atoms with Gasteiger partial charge in [-0.05, 0) is 54.9 Å². The summed E-state index contributed by atoms with van der Waals surface area (Å²) >= 11 is 0. The fourth-order valence-corrected chi connectivity index (χ4v) is 3.27. The van der Waals surface area contributed by atoms with Crippen molar-refractivity contribution in [3.8, 4) is 0 Å². The molecule has 0 aromatic heterocycles. The Hall–Kier alpha value is -1.38. The number of hydrogen-bond donors (Lipinski definition) is 1. The molecule has 1 N–H and O–H groups in total. The van der Waals surface area contributed by atoms with Crippen LogP contribution in [-0.4, -0.2) is 5.91 Å². The lowest BCUT2D eigenvalue weighted by atomic mass is 9.70. The Morgan fingerprint density at radius 3 is 2.50 bits per heavy atom. The van der Waals surface area contributed by atoms with Gasteiger partial charge in [0.05, 0.1) is 0 Å². The summed E-state index contributed by atoms with van der Waals surface area (Å²) in [6, 6.07) is 5.98. The molecule has 0 aliphatic heterocycles. The predicted octanol–water partition coefficient (Wildman–Crippen LogP) is 4.47. The van der Waals surface area contributed by atoms with Gasteiger partial charge in [0, 0.05) is 11.6 Å². The Morgan fingerprint density at radius 1 is 1.25 bits per heavy atom. The molecule has 20 heavy (non-hydrogen) atoms. The molecule has 0 bridgehead atoms. The first kappa shape index (κ1) is 15.0. The van der Waals surface area contributed by atoms with Crippen LogP contribution in [0.15, 0.2) is 24.3 Å². The van der Waals surface area contributed by atoms with Gasteiger partial charge in [0.25, 0.3) is 0 Å². The zero-order valence-electron chi connectivity index (χ0n) is 12.5. The van der Waals surface area contributed by atoms with Crippen LogP contribution in [0.1, 0.15) is 40.0 Å². The molecule has 1 aliphatic rings. The van der Waals surface area contributed by atoms with E-state index in [2.05, 4.69) is 26.1 Å². The standard InChI is InChI=1S/C17H24FNO/c1-11(2)15-9-4-12(3)10-16(15)17(20)19-14-7-5-13(18)6-8-14/h5-8,11-12,15-16H,4,9-10H2,1-3H3,(H,19,20)/i18-1. The molecule has 3 unspecified atom stereocenters. The molecule has 1 amide bonds. The second-order valence-corrected chi connectivity index (χ2v) is 6.43. The van der Waals surface area contributed by atoms with E-state index in [1.165, 1.54) is 18.6 Å². The maximum Gasteiger partial charge on any atom is 0.227 e. The Kier molecular flexibility index (Phi) is 4.79. The molecule has 2 rings (SSSR count). The van der Waals surface area contributed by atoms with Crippen LogP contribution in [0.4, 0.5) is 10.1 Å². The van der Waals surface area contributed by atoms with Crippen molar-refractivity contribution < 1.29 is 9.18 Å². The van der Waals surface area contributed by atoms with Crippen LogP contribution < -0.4 is 5.32 Å². The third kappa shape index (κ3) is 3.59. The molecule has 3 heteroatoms. The highest BCUT2D eigenvalue weighted by atomic mass is 18.2. The van der Waals surface area contributed by atoms with Crippen LogP contribution in [-0.2, 0) is 4.79 Å². The number of nitrogens with one attached hydrogen (secondary N) is 1. The maximum atomic E-state index is 12.9. The summed E-state index contributed by atoms with van der Waals surface area (Å²) in [5.74, 6) is 1.45. The van der Waals surface area contributed by atoms with Crippen LogP contribution in [0, 0.1) is 29.5 Å². The third-order valence-corrected chi connectivity index (χ3v) is 4.47. The lowest BCUT2D eigenvalue weighted by molar-refractivity contribution is -0.123. The number of carbonyl (C=O) groups is 1. The average Bonchev–Trinajstić information content (AvgIpc) is 2.41. The van der Waals surface area contributed by atoms with Gasteiger partial charge in [0.15, 0.2) is 0 Å². The molecule has 0 spiro atoms. The lowest BCUT2D eigenvalue weighted by Gasteiger charge is -2.36. The van der Waals surface area contributed by atoms with Crippen molar-refractivity contribution in [1.29, 1.82) is 0 Å². The van der Waals surface area contributed by atoms with E-state index in [-0.39, 0.29) is 17.6 Å². The van der Waals surface area contributed by atoms with Crippen molar-refractivity contribution in [1.82, 2.24) is 0 Å². The largest absolute Gasteiger partial charge is 0.326 e. The van der Waals surface area contributed by atoms with E-state index < -0.39 is 0 Å². The molecule has 0 radical (unpaired) electrons. The SMILES string of the molecule is CC1CCC(C(C)C)C(C(=O)Nc2ccc([18F])cc2)C1. The van der Waals surface area contributed by atoms with Gasteiger partial charge >= 0.3 is 0 Å². The monoisotopic (exact) mass is 276 g/mol. The topological polar surface area (TPSA) is 29.1 Å². The van der Waals surface area contributed by atoms with Crippen LogP contribution in [0.3, 0.4) is 0 Å². The quantitative estimate of drug-likeness (QED) is 0.867. The molecule has 1 fully saturated rings. The predicted molar refractivity (Wildman–Crippen MR) is 79.9 cm³/mol. The van der Waals surface area contributed by atoms with E-state index in [0.29, 0.717) is 23.4 Å². The van der Waals surface area contributed by atoms with Gasteiger partial charge in [-0.25, -0.2) is 4.39 Å². The van der Waals surface area contributed by atoms with E-state index in [4.69, 9.17) is 0 Å². The number of amides is 1. The van der Waals surface area contributed by atoms with Gasteiger partial charge in [0.2, 0.25) is 5.91 Å². The molecule has 0 heterocycles. The first-order chi connectivity index (χ1) is 9.47. The van der Waals surface area contributed by atoms with E-state index in [9.17, 15) is 9.18 Å². The van der Waals surface area contributed by atoms with Gasteiger partial charge in [-0.1, -0.05) is 27.2 Å². The number of anilines is 1. The summed E-state index contributed by atoms with van der Waals surface area (Å²) < 4.78 is 12.9. The fraction of sp³-hybridized carbons (Fsp3) is 0.588. The van der Waals surface area contributed by atoms with E-state index in [1.54, 1.807) is 12.1 Å². The summed E-state index contributed by atoms with van der Waals surface area (Å²) in [6.45, 7) is 6.60. The van der Waals surface area contributed by atoms with Crippen molar-refractivity contribution in [2.24, 2.45) is 23.7 Å². The number of hydrogen-bond acceptors (Lipinski definition) is 1. The van der Waals surface area contributed by atoms with Crippen LogP contribution in [0.25, 0.3) is 0 Å². The lowest BCUT2D eigenvalue weighted by Crippen LogP contribution is -2.36. The maximum absolute atomic E-state index is 12.9. The minimum atomic E-state index is -0.283. The summed E-state index contributed by atoms with van der Waals surface area (Å²) in [5, 5.41) is 2.94. The summed E-state index contributed by atoms with van der Waals surface area (Å²) in [4.78, 5) is 12.5. The summed E-state index contributed by atoms with van der Waals surface area (Å²) in [6.07, 6.45) is 3.29. The average molecular weight is 276 g/mol. The molecule has 1 aromatic carbocycles. The van der Waals surface area contributed by atoms with Gasteiger partial charge in [-0.15, -0.1) is 0 Å². The molecular weight excluding hydrogens is 252 g/mol. The van der Waals surface area contributed by atoms with Crippen molar-refractivity contribution in [2.45, 2.75) is 40.0 Å². The molecular formula is C17H24FNO. The number of halogens is 1. The van der Waals surface area contributed by atoms with Crippen molar-refractivity contribution in [3.05, 3.63) is 30.1 Å². The highest BCUT2D eigenvalue weighted by Gasteiger charge is 2.35. The second-order valence-electron chi connectivity index (χ2n) is 6.43. The van der Waals surface area contributed by atoms with Crippen molar-refractivity contribution in [3.63, 3.8) is 0 Å². The molecule has 1 aliphatic carbocycles. The van der Waals surface area contributed by atoms with Gasteiger partial charge in [-0.2, -0.15) is 0 Å². The van der Waals surface area contributed by atoms with Crippen LogP contribution >= 0.6 is 0 Å². The Labute approximate surface area is 120 Å². The number of benzene rings is 1. The van der Waals surface area contributed by atoms with Gasteiger partial charge in [-0.3, -0.25) is 4.79 Å². The van der Waals surface area contributed by atoms with Crippen LogP contribution in [0.2, 0.25) is 0 Å². The van der Waals surface area contributed by atoms with E-state index in [1.807, 2.05) is 0 Å². The Balaban J connectivity index is 2.07. The molecule has 3 atom stereocenters. The van der Waals surface area contributed by atoms with Gasteiger partial charge in [0.1, 0.15) is 5.82 Å². The van der Waals surface area contributed by atoms with Crippen molar-refractivity contribution >= 4 is 11.6 Å². The minimum absolute atomic E-state index is 0.0730. The summed E-state index contributed by atoms with van der Waals surface area (Å²) in [7, 11) is 0. The summed E-state index contributed by atoms with van der Waals surface area (Å²) in [5.41, 5.74) is 0.678. The normalized spacial score (nSPS) is 26.6. The highest BCUT2D eigenvalue weighted by molar-refractivity contribution is 5.92. The van der Waals surface area contributed by atoms with Gasteiger partial charge < -0.3 is 5.32 Å². The van der Waals surface area contributed by atoms with E-state index >= 15 is 0 Å². The third-order valence-electron chi connectivity index (χ3n) is 4.47. The van der Waals surface area contributed by atoms with E-state index in [0.717, 1.165) is 12.8 Å². The molecule has 1 saturated carbocycles. The molecule has 2 nitrogen and oxygen atoms in total. The first-order valence-electron chi connectivity index (χ1n) is 7.53. The first-order valence-corrected chi connectivity index (χ1v) is 7.53. The Bertz CT molecular complexity index is 455. The minimum Gasteiger partial charge on any atom is -0.326 e. The zero-order valence-corrected chi connectivity index (χ0v) is 12.5. The van der Waals surface area contributed by atoms with Crippen LogP contribution in [0.5, 0.6) is 0 Å². The highest BCUT2D eigenvalue weighted by Crippen LogP contribution is 2.38. The zero-order chi connectivity index (χ0) is 14.7. The second kappa shape index (κ2) is 6.38. The molecule has 110 valence electrons. The van der Waals surface area contributed by atoms with Crippen molar-refractivity contribution in [2.75, 3.05) is 5.32 Å². The fourth-order valence-electron chi connectivity index (χ4n) is 3.27. The number of rotatable bonds is 3. The molecule has 1 aromatic rings. The molecule has 0 saturated heterocycles. The smallest absolute Gasteiger partial charge is 0.227 e. The number of carbonyl (C=O) groups excluding carboxylic acids is 1. The Morgan fingerprint density at radius 2 is 1.90 bits per heavy atom.